The minimum absolute atomic E-state index is 0.339. The lowest BCUT2D eigenvalue weighted by Gasteiger charge is -2.30. The molecule has 108 valence electrons. The molecule has 0 bridgehead atoms. The molecule has 1 heterocycles. The van der Waals surface area contributed by atoms with Gasteiger partial charge in [-0.2, -0.15) is 4.99 Å². The minimum atomic E-state index is 0.339. The largest absolute Gasteiger partial charge is 0.343 e. The van der Waals surface area contributed by atoms with E-state index in [1.807, 2.05) is 22.6 Å². The zero-order valence-electron chi connectivity index (χ0n) is 12.7. The van der Waals surface area contributed by atoms with Gasteiger partial charge in [0.15, 0.2) is 5.11 Å². The molecule has 0 spiro atoms. The lowest BCUT2D eigenvalue weighted by molar-refractivity contribution is 0.294. The zero-order chi connectivity index (χ0) is 14.7. The Kier molecular flexibility index (Phi) is 5.49. The molecule has 1 rings (SSSR count). The van der Waals surface area contributed by atoms with Gasteiger partial charge in [-0.1, -0.05) is 0 Å². The molecule has 1 aromatic heterocycles. The smallest absolute Gasteiger partial charge is 0.215 e. The molecule has 0 N–H and O–H groups in total. The fourth-order valence-electron chi connectivity index (χ4n) is 2.09. The molecule has 0 aliphatic carbocycles. The number of hydrogen-bond acceptors (Lipinski definition) is 3. The maximum atomic E-state index is 5.47. The fraction of sp³-hybridized carbons (Fsp3) is 0.750. The van der Waals surface area contributed by atoms with Gasteiger partial charge < -0.3 is 4.90 Å². The second-order valence-corrected chi connectivity index (χ2v) is 6.40. The third-order valence-electron chi connectivity index (χ3n) is 2.81. The van der Waals surface area contributed by atoms with E-state index in [2.05, 4.69) is 42.6 Å². The second-order valence-electron chi connectivity index (χ2n) is 4.94. The van der Waals surface area contributed by atoms with Gasteiger partial charge in [-0.3, -0.25) is 13.5 Å². The van der Waals surface area contributed by atoms with Gasteiger partial charge in [0.25, 0.3) is 0 Å². The molecule has 0 saturated heterocycles. The summed E-state index contributed by atoms with van der Waals surface area (Å²) in [5.41, 5.74) is 0.882. The van der Waals surface area contributed by atoms with E-state index in [0.29, 0.717) is 17.2 Å². The summed E-state index contributed by atoms with van der Waals surface area (Å²) in [5, 5.41) is 0.630. The van der Waals surface area contributed by atoms with Crippen molar-refractivity contribution in [2.75, 3.05) is 7.05 Å². The molecule has 0 unspecified atom stereocenters. The Hall–Kier alpha value is -0.950. The van der Waals surface area contributed by atoms with E-state index < -0.39 is 0 Å². The average Bonchev–Trinajstić information content (AvgIpc) is 2.52. The Labute approximate surface area is 124 Å². The maximum Gasteiger partial charge on any atom is 0.215 e. The van der Waals surface area contributed by atoms with E-state index in [0.717, 1.165) is 10.4 Å². The first-order chi connectivity index (χ1) is 8.79. The van der Waals surface area contributed by atoms with E-state index in [1.165, 1.54) is 11.5 Å². The Morgan fingerprint density at radius 1 is 1.21 bits per heavy atom. The van der Waals surface area contributed by atoms with E-state index >= 15 is 0 Å². The molecule has 0 atom stereocenters. The van der Waals surface area contributed by atoms with Gasteiger partial charge in [0.05, 0.1) is 0 Å². The van der Waals surface area contributed by atoms with Crippen molar-refractivity contribution < 1.29 is 0 Å². The highest BCUT2D eigenvalue weighted by molar-refractivity contribution is 7.80. The van der Waals surface area contributed by atoms with Crippen LogP contribution in [0.4, 0.5) is 0 Å². The molecule has 0 aromatic carbocycles. The SMILES string of the molecule is CN=c1n(C)s/c(=N\C(=S)N(C(C)C)C(C)C)n1C. The van der Waals surface area contributed by atoms with Crippen LogP contribution in [0.1, 0.15) is 27.7 Å². The van der Waals surface area contributed by atoms with Crippen LogP contribution < -0.4 is 10.4 Å². The first-order valence-electron chi connectivity index (χ1n) is 6.32. The molecule has 19 heavy (non-hydrogen) atoms. The quantitative estimate of drug-likeness (QED) is 0.771. The highest BCUT2D eigenvalue weighted by Gasteiger charge is 2.16. The number of thiocarbonyl (C=S) groups is 1. The number of nitrogens with zero attached hydrogens (tertiary/aromatic N) is 5. The summed E-state index contributed by atoms with van der Waals surface area (Å²) in [6.07, 6.45) is 0. The van der Waals surface area contributed by atoms with Crippen LogP contribution in [0, 0.1) is 0 Å². The van der Waals surface area contributed by atoms with Gasteiger partial charge in [-0.15, -0.1) is 0 Å². The third kappa shape index (κ3) is 3.54. The normalized spacial score (nSPS) is 13.7. The highest BCUT2D eigenvalue weighted by atomic mass is 32.1. The zero-order valence-corrected chi connectivity index (χ0v) is 14.3. The van der Waals surface area contributed by atoms with Crippen LogP contribution in [0.5, 0.6) is 0 Å². The highest BCUT2D eigenvalue weighted by Crippen LogP contribution is 2.07. The maximum absolute atomic E-state index is 5.47. The average molecular weight is 301 g/mol. The fourth-order valence-corrected chi connectivity index (χ4v) is 3.51. The Morgan fingerprint density at radius 3 is 2.11 bits per heavy atom. The second kappa shape index (κ2) is 6.47. The molecule has 0 saturated carbocycles. The molecular formula is C12H23N5S2. The molecule has 1 aromatic rings. The van der Waals surface area contributed by atoms with Crippen LogP contribution in [-0.2, 0) is 14.1 Å². The number of rotatable bonds is 2. The standard InChI is InChI=1S/C12H23N5S2/c1-8(2)17(9(3)4)11(18)14-12-15(6)10(13-5)16(7)19-12/h8-9H,1-7H3/b13-10?,14-12-. The molecule has 0 aliphatic heterocycles. The lowest BCUT2D eigenvalue weighted by Crippen LogP contribution is -2.41. The summed E-state index contributed by atoms with van der Waals surface area (Å²) < 4.78 is 3.94. The summed E-state index contributed by atoms with van der Waals surface area (Å²) in [7, 11) is 5.70. The van der Waals surface area contributed by atoms with E-state index in [1.54, 1.807) is 7.05 Å². The minimum Gasteiger partial charge on any atom is -0.343 e. The Bertz CT molecular complexity index is 566. The van der Waals surface area contributed by atoms with Gasteiger partial charge in [-0.05, 0) is 51.4 Å². The van der Waals surface area contributed by atoms with E-state index in [9.17, 15) is 0 Å². The lowest BCUT2D eigenvalue weighted by atomic mass is 10.2. The van der Waals surface area contributed by atoms with Crippen LogP contribution in [0.2, 0.25) is 0 Å². The number of hydrogen-bond donors (Lipinski definition) is 0. The first kappa shape index (κ1) is 16.1. The summed E-state index contributed by atoms with van der Waals surface area (Å²) in [6.45, 7) is 8.51. The summed E-state index contributed by atoms with van der Waals surface area (Å²) in [5.74, 6) is 0. The van der Waals surface area contributed by atoms with Crippen LogP contribution in [0.25, 0.3) is 0 Å². The molecule has 5 nitrogen and oxygen atoms in total. The van der Waals surface area contributed by atoms with Gasteiger partial charge >= 0.3 is 0 Å². The van der Waals surface area contributed by atoms with Crippen LogP contribution in [0.15, 0.2) is 9.98 Å². The van der Waals surface area contributed by atoms with Crippen LogP contribution in [-0.4, -0.2) is 37.7 Å². The van der Waals surface area contributed by atoms with E-state index in [4.69, 9.17) is 12.2 Å². The molecular weight excluding hydrogens is 278 g/mol. The van der Waals surface area contributed by atoms with E-state index in [-0.39, 0.29) is 0 Å². The molecule has 0 aliphatic rings. The van der Waals surface area contributed by atoms with Crippen molar-refractivity contribution in [2.45, 2.75) is 39.8 Å². The van der Waals surface area contributed by atoms with Crippen molar-refractivity contribution in [3.8, 4) is 0 Å². The monoisotopic (exact) mass is 301 g/mol. The predicted octanol–water partition coefficient (Wildman–Crippen LogP) is 1.26. The van der Waals surface area contributed by atoms with Gasteiger partial charge in [0.2, 0.25) is 10.4 Å². The predicted molar refractivity (Wildman–Crippen MR) is 84.0 cm³/mol. The third-order valence-corrected chi connectivity index (χ3v) is 4.08. The van der Waals surface area contributed by atoms with Crippen molar-refractivity contribution in [3.05, 3.63) is 10.4 Å². The number of aryl methyl sites for hydroxylation is 1. The van der Waals surface area contributed by atoms with Gasteiger partial charge in [0, 0.05) is 33.2 Å². The van der Waals surface area contributed by atoms with Crippen molar-refractivity contribution in [2.24, 2.45) is 24.1 Å². The van der Waals surface area contributed by atoms with Gasteiger partial charge in [-0.25, -0.2) is 0 Å². The summed E-state index contributed by atoms with van der Waals surface area (Å²) in [4.78, 5) is 11.8. The number of aromatic nitrogens is 2. The van der Waals surface area contributed by atoms with Crippen LogP contribution in [0.3, 0.4) is 0 Å². The Balaban J connectivity index is 3.27. The molecule has 7 heteroatoms. The molecule has 0 radical (unpaired) electrons. The molecule has 0 fully saturated rings. The van der Waals surface area contributed by atoms with Gasteiger partial charge in [0.1, 0.15) is 0 Å². The molecule has 0 amide bonds. The van der Waals surface area contributed by atoms with Crippen molar-refractivity contribution in [3.63, 3.8) is 0 Å². The van der Waals surface area contributed by atoms with Crippen LogP contribution >= 0.6 is 23.8 Å². The Morgan fingerprint density at radius 2 is 1.74 bits per heavy atom. The van der Waals surface area contributed by atoms with Crippen molar-refractivity contribution in [1.29, 1.82) is 0 Å². The summed E-state index contributed by atoms with van der Waals surface area (Å²) >= 11 is 7.01. The van der Waals surface area contributed by atoms with Crippen molar-refractivity contribution in [1.82, 2.24) is 13.4 Å². The topological polar surface area (TPSA) is 37.8 Å². The van der Waals surface area contributed by atoms with Crippen molar-refractivity contribution >= 4 is 28.9 Å². The summed E-state index contributed by atoms with van der Waals surface area (Å²) in [6, 6.07) is 0.677. The first-order valence-corrected chi connectivity index (χ1v) is 7.51.